The van der Waals surface area contributed by atoms with Crippen LogP contribution in [0.3, 0.4) is 0 Å². The molecule has 0 aliphatic carbocycles. The molecule has 0 saturated heterocycles. The zero-order valence-corrected chi connectivity index (χ0v) is 14.9. The third kappa shape index (κ3) is 8.08. The van der Waals surface area contributed by atoms with E-state index in [9.17, 15) is 0 Å². The van der Waals surface area contributed by atoms with E-state index < -0.39 is 6.16 Å². The van der Waals surface area contributed by atoms with Crippen molar-refractivity contribution >= 4 is 17.1 Å². The normalized spacial score (nSPS) is 7.73. The van der Waals surface area contributed by atoms with E-state index >= 15 is 0 Å². The number of benzene rings is 1. The summed E-state index contributed by atoms with van der Waals surface area (Å²) >= 11 is 0. The van der Waals surface area contributed by atoms with Crippen LogP contribution in [-0.4, -0.2) is 11.1 Å². The van der Waals surface area contributed by atoms with Crippen molar-refractivity contribution in [1.82, 2.24) is 4.98 Å². The van der Waals surface area contributed by atoms with Gasteiger partial charge in [0.25, 0.3) is 0 Å². The summed E-state index contributed by atoms with van der Waals surface area (Å²) in [7, 11) is 0. The van der Waals surface area contributed by atoms with E-state index in [2.05, 4.69) is 23.2 Å². The maximum atomic E-state index is 8.33. The number of fused-ring (bicyclic) bond motifs is 1. The Bertz CT molecular complexity index is 369. The fraction of sp³-hybridized carbons (Fsp3) is 0. The van der Waals surface area contributed by atoms with Crippen LogP contribution in [0.25, 0.3) is 10.9 Å². The number of H-pyrrole nitrogens is 1. The Kier molecular flexibility index (Phi) is 13.0. The number of para-hydroxylation sites is 1. The Morgan fingerprint density at radius 1 is 1.07 bits per heavy atom. The summed E-state index contributed by atoms with van der Waals surface area (Å²) in [6.45, 7) is 0. The number of hydrogen-bond donors (Lipinski definition) is 1. The van der Waals surface area contributed by atoms with Gasteiger partial charge in [-0.3, -0.25) is 0 Å². The van der Waals surface area contributed by atoms with Crippen molar-refractivity contribution in [2.75, 3.05) is 0 Å². The van der Waals surface area contributed by atoms with E-state index in [4.69, 9.17) is 15.0 Å². The number of rotatable bonds is 0. The second kappa shape index (κ2) is 10.5. The predicted octanol–water partition coefficient (Wildman–Crippen LogP) is -6.27. The Morgan fingerprint density at radius 2 is 1.60 bits per heavy atom. The van der Waals surface area contributed by atoms with Crippen molar-refractivity contribution in [3.8, 4) is 0 Å². The molecule has 0 spiro atoms. The summed E-state index contributed by atoms with van der Waals surface area (Å²) in [4.78, 5) is 11.5. The first-order chi connectivity index (χ1) is 6.20. The Labute approximate surface area is 172 Å². The fourth-order valence-electron chi connectivity index (χ4n) is 0.995. The van der Waals surface area contributed by atoms with Crippen LogP contribution < -0.4 is 113 Å². The minimum Gasteiger partial charge on any atom is -0.652 e. The van der Waals surface area contributed by atoms with Gasteiger partial charge in [0.05, 0.1) is 0 Å². The molecular weight excluding hydrogens is 248 g/mol. The van der Waals surface area contributed by atoms with Crippen molar-refractivity contribution in [3.63, 3.8) is 0 Å². The molecule has 0 atom stereocenters. The number of carbonyl (C=O) groups excluding carboxylic acids is 1. The number of carboxylic acid groups (broad SMARTS) is 2. The van der Waals surface area contributed by atoms with Gasteiger partial charge < -0.3 is 20.0 Å². The molecule has 1 heterocycles. The molecule has 15 heavy (non-hydrogen) atoms. The van der Waals surface area contributed by atoms with Crippen molar-refractivity contribution in [2.24, 2.45) is 0 Å². The molecule has 0 saturated carbocycles. The van der Waals surface area contributed by atoms with Crippen LogP contribution in [-0.2, 0) is 0 Å². The van der Waals surface area contributed by atoms with Gasteiger partial charge in [0.15, 0.2) is 0 Å². The molecule has 0 radical (unpaired) electrons. The van der Waals surface area contributed by atoms with Crippen LogP contribution in [0.15, 0.2) is 36.5 Å². The number of nitrogens with one attached hydrogen (secondary N) is 1. The molecule has 0 aliphatic heterocycles. The summed E-state index contributed by atoms with van der Waals surface area (Å²) < 4.78 is 0. The third-order valence-electron chi connectivity index (χ3n) is 1.46. The number of hydrogen-bond acceptors (Lipinski definition) is 3. The molecule has 6 heteroatoms. The molecule has 1 aromatic heterocycles. The maximum absolute atomic E-state index is 8.33. The summed E-state index contributed by atoms with van der Waals surface area (Å²) in [5.74, 6) is 0. The third-order valence-corrected chi connectivity index (χ3v) is 1.46. The summed E-state index contributed by atoms with van der Waals surface area (Å²) in [5.41, 5.74) is 1.21. The van der Waals surface area contributed by atoms with Crippen molar-refractivity contribution in [3.05, 3.63) is 36.5 Å². The topological polar surface area (TPSA) is 79.0 Å². The molecule has 0 amide bonds. The second-order valence-electron chi connectivity index (χ2n) is 2.31. The van der Waals surface area contributed by atoms with Gasteiger partial charge in [0.2, 0.25) is 0 Å². The number of aromatic amines is 1. The molecule has 0 fully saturated rings. The molecule has 2 aromatic rings. The molecule has 0 aliphatic rings. The molecule has 1 N–H and O–H groups in total. The van der Waals surface area contributed by atoms with E-state index in [1.165, 1.54) is 10.9 Å². The van der Waals surface area contributed by atoms with Gasteiger partial charge in [0.1, 0.15) is 0 Å². The van der Waals surface area contributed by atoms with E-state index in [0.29, 0.717) is 0 Å². The van der Waals surface area contributed by atoms with Gasteiger partial charge in [-0.25, -0.2) is 0 Å². The summed E-state index contributed by atoms with van der Waals surface area (Å²) in [6, 6.07) is 10.3. The van der Waals surface area contributed by atoms with Crippen molar-refractivity contribution in [2.45, 2.75) is 0 Å². The van der Waals surface area contributed by atoms with E-state index in [1.54, 1.807) is 0 Å². The largest absolute Gasteiger partial charge is 1.00 e. The average molecular weight is 255 g/mol. The zero-order valence-electron chi connectivity index (χ0n) is 8.69. The Hall–Kier alpha value is 1.30. The number of carbonyl (C=O) groups is 1. The first-order valence-electron chi connectivity index (χ1n) is 3.60. The molecular formula is C9H7K2NO3. The molecule has 0 unspecified atom stereocenters. The quantitative estimate of drug-likeness (QED) is 0.476. The van der Waals surface area contributed by atoms with Crippen molar-refractivity contribution < 1.29 is 118 Å². The van der Waals surface area contributed by atoms with Gasteiger partial charge in [-0.1, -0.05) is 18.2 Å². The number of aromatic nitrogens is 1. The molecule has 68 valence electrons. The minimum absolute atomic E-state index is 0. The van der Waals surface area contributed by atoms with Gasteiger partial charge in [0, 0.05) is 11.7 Å². The monoisotopic (exact) mass is 255 g/mol. The summed E-state index contributed by atoms with van der Waals surface area (Å²) in [5, 5.41) is 17.9. The van der Waals surface area contributed by atoms with Crippen molar-refractivity contribution in [1.29, 1.82) is 0 Å². The average Bonchev–Trinajstić information content (AvgIpc) is 2.49. The van der Waals surface area contributed by atoms with Crippen LogP contribution in [0.5, 0.6) is 0 Å². The SMILES string of the molecule is O=C([O-])[O-].[K+].[K+].c1ccc2[nH]ccc2c1. The van der Waals surface area contributed by atoms with Crippen LogP contribution >= 0.6 is 0 Å². The van der Waals surface area contributed by atoms with Crippen LogP contribution in [0.4, 0.5) is 4.79 Å². The first-order valence-corrected chi connectivity index (χ1v) is 3.60. The van der Waals surface area contributed by atoms with Gasteiger partial charge in [-0.05, 0) is 23.7 Å². The van der Waals surface area contributed by atoms with Crippen LogP contribution in [0.2, 0.25) is 0 Å². The Balaban J connectivity index is 0. The van der Waals surface area contributed by atoms with E-state index in [0.717, 1.165) is 0 Å². The maximum Gasteiger partial charge on any atom is 1.00 e. The predicted molar refractivity (Wildman–Crippen MR) is 43.7 cm³/mol. The fourth-order valence-corrected chi connectivity index (χ4v) is 0.995. The standard InChI is InChI=1S/C8H7N.CH2O3.2K/c1-2-4-8-7(3-1)5-6-9-8;2-1(3)4;;/h1-6,9H;(H2,2,3,4);;/q;;2*+1/p-2. The van der Waals surface area contributed by atoms with Crippen LogP contribution in [0, 0.1) is 0 Å². The molecule has 0 bridgehead atoms. The first kappa shape index (κ1) is 18.7. The van der Waals surface area contributed by atoms with Gasteiger partial charge >= 0.3 is 103 Å². The van der Waals surface area contributed by atoms with Crippen LogP contribution in [0.1, 0.15) is 0 Å². The molecule has 2 rings (SSSR count). The molecule has 1 aromatic carbocycles. The smallest absolute Gasteiger partial charge is 0.652 e. The minimum atomic E-state index is -2.33. The summed E-state index contributed by atoms with van der Waals surface area (Å²) in [6.07, 6.45) is -0.384. The van der Waals surface area contributed by atoms with Gasteiger partial charge in [-0.15, -0.1) is 0 Å². The van der Waals surface area contributed by atoms with E-state index in [1.807, 2.05) is 18.3 Å². The second-order valence-corrected chi connectivity index (χ2v) is 2.31. The molecule has 4 nitrogen and oxygen atoms in total. The Morgan fingerprint density at radius 3 is 2.13 bits per heavy atom. The van der Waals surface area contributed by atoms with E-state index in [-0.39, 0.29) is 103 Å². The zero-order chi connectivity index (χ0) is 9.68. The van der Waals surface area contributed by atoms with Gasteiger partial charge in [-0.2, -0.15) is 0 Å².